The van der Waals surface area contributed by atoms with Crippen molar-refractivity contribution in [3.63, 3.8) is 0 Å². The van der Waals surface area contributed by atoms with Crippen LogP contribution >= 0.6 is 23.8 Å². The minimum absolute atomic E-state index is 0.108. The van der Waals surface area contributed by atoms with E-state index in [-0.39, 0.29) is 12.5 Å². The van der Waals surface area contributed by atoms with E-state index in [0.717, 1.165) is 0 Å². The van der Waals surface area contributed by atoms with E-state index in [1.54, 1.807) is 24.3 Å². The molecule has 18 heavy (non-hydrogen) atoms. The van der Waals surface area contributed by atoms with Gasteiger partial charge in [0.15, 0.2) is 11.7 Å². The number of ether oxygens (including phenoxy) is 1. The highest BCUT2D eigenvalue weighted by Crippen LogP contribution is 2.15. The molecule has 0 spiro atoms. The van der Waals surface area contributed by atoms with Gasteiger partial charge >= 0.3 is 0 Å². The summed E-state index contributed by atoms with van der Waals surface area (Å²) in [6, 6.07) is 6.75. The summed E-state index contributed by atoms with van der Waals surface area (Å²) in [5.74, 6) is 0.244. The van der Waals surface area contributed by atoms with Crippen LogP contribution in [0, 0.1) is 0 Å². The number of carbonyl (C=O) groups excluding carboxylic acids is 1. The Balaban J connectivity index is 2.24. The molecule has 1 aromatic carbocycles. The Morgan fingerprint density at radius 1 is 1.33 bits per heavy atom. The van der Waals surface area contributed by atoms with Gasteiger partial charge in [-0.3, -0.25) is 15.6 Å². The third kappa shape index (κ3) is 5.70. The number of rotatable bonds is 4. The van der Waals surface area contributed by atoms with Crippen molar-refractivity contribution in [1.29, 1.82) is 0 Å². The first kappa shape index (κ1) is 14.5. The quantitative estimate of drug-likeness (QED) is 0.574. The molecule has 98 valence electrons. The van der Waals surface area contributed by atoms with Crippen molar-refractivity contribution in [3.05, 3.63) is 29.3 Å². The van der Waals surface area contributed by atoms with Crippen LogP contribution in [0.1, 0.15) is 6.92 Å². The van der Waals surface area contributed by atoms with Gasteiger partial charge < -0.3 is 10.1 Å². The second kappa shape index (κ2) is 7.73. The monoisotopic (exact) mass is 287 g/mol. The van der Waals surface area contributed by atoms with E-state index >= 15 is 0 Å². The summed E-state index contributed by atoms with van der Waals surface area (Å²) >= 11 is 10.6. The molecule has 1 aromatic rings. The van der Waals surface area contributed by atoms with E-state index in [0.29, 0.717) is 22.4 Å². The van der Waals surface area contributed by atoms with Gasteiger partial charge in [0, 0.05) is 11.6 Å². The van der Waals surface area contributed by atoms with Crippen molar-refractivity contribution in [3.8, 4) is 5.75 Å². The van der Waals surface area contributed by atoms with Crippen LogP contribution in [0.2, 0.25) is 5.02 Å². The molecular weight excluding hydrogens is 274 g/mol. The van der Waals surface area contributed by atoms with Crippen molar-refractivity contribution in [2.75, 3.05) is 13.2 Å². The predicted molar refractivity (Wildman–Crippen MR) is 74.5 cm³/mol. The fraction of sp³-hybridized carbons (Fsp3) is 0.273. The molecule has 0 aliphatic carbocycles. The first-order valence-corrected chi connectivity index (χ1v) is 6.11. The van der Waals surface area contributed by atoms with E-state index < -0.39 is 0 Å². The Kier molecular flexibility index (Phi) is 6.24. The number of hydrazine groups is 1. The third-order valence-corrected chi connectivity index (χ3v) is 2.33. The van der Waals surface area contributed by atoms with Crippen LogP contribution in [0.4, 0.5) is 0 Å². The zero-order valence-corrected chi connectivity index (χ0v) is 11.4. The lowest BCUT2D eigenvalue weighted by atomic mass is 10.3. The van der Waals surface area contributed by atoms with Gasteiger partial charge in [-0.2, -0.15) is 0 Å². The third-order valence-electron chi connectivity index (χ3n) is 1.84. The van der Waals surface area contributed by atoms with Gasteiger partial charge in [-0.25, -0.2) is 0 Å². The molecule has 1 rings (SSSR count). The summed E-state index contributed by atoms with van der Waals surface area (Å²) in [6.45, 7) is 2.48. The van der Waals surface area contributed by atoms with Crippen LogP contribution in [0.5, 0.6) is 5.75 Å². The highest BCUT2D eigenvalue weighted by atomic mass is 35.5. The highest BCUT2D eigenvalue weighted by Gasteiger charge is 2.02. The number of carbonyl (C=O) groups is 1. The van der Waals surface area contributed by atoms with Gasteiger partial charge in [0.25, 0.3) is 5.91 Å². The number of hydrogen-bond donors (Lipinski definition) is 3. The fourth-order valence-electron chi connectivity index (χ4n) is 1.05. The van der Waals surface area contributed by atoms with E-state index in [4.69, 9.17) is 28.6 Å². The molecule has 0 fully saturated rings. The molecule has 3 N–H and O–H groups in total. The zero-order chi connectivity index (χ0) is 13.4. The summed E-state index contributed by atoms with van der Waals surface area (Å²) < 4.78 is 5.24. The first-order chi connectivity index (χ1) is 8.61. The zero-order valence-electron chi connectivity index (χ0n) is 9.83. The molecule has 0 bridgehead atoms. The lowest BCUT2D eigenvalue weighted by molar-refractivity contribution is -0.123. The Morgan fingerprint density at radius 2 is 2.00 bits per heavy atom. The number of amides is 1. The largest absolute Gasteiger partial charge is 0.484 e. The van der Waals surface area contributed by atoms with Gasteiger partial charge in [-0.1, -0.05) is 11.6 Å². The van der Waals surface area contributed by atoms with Crippen LogP contribution in [0.15, 0.2) is 24.3 Å². The highest BCUT2D eigenvalue weighted by molar-refractivity contribution is 7.80. The van der Waals surface area contributed by atoms with Crippen LogP contribution in [0.3, 0.4) is 0 Å². The maximum atomic E-state index is 11.4. The Bertz CT molecular complexity index is 411. The molecule has 0 heterocycles. The molecule has 0 aliphatic rings. The first-order valence-electron chi connectivity index (χ1n) is 5.33. The maximum Gasteiger partial charge on any atom is 0.276 e. The summed E-state index contributed by atoms with van der Waals surface area (Å²) in [7, 11) is 0. The second-order valence-electron chi connectivity index (χ2n) is 3.28. The number of benzene rings is 1. The van der Waals surface area contributed by atoms with E-state index in [2.05, 4.69) is 16.2 Å². The smallest absolute Gasteiger partial charge is 0.276 e. The number of nitrogens with one attached hydrogen (secondary N) is 3. The van der Waals surface area contributed by atoms with Gasteiger partial charge in [0.05, 0.1) is 0 Å². The molecule has 0 aromatic heterocycles. The van der Waals surface area contributed by atoms with Crippen molar-refractivity contribution >= 4 is 34.8 Å². The Morgan fingerprint density at radius 3 is 2.61 bits per heavy atom. The van der Waals surface area contributed by atoms with Crippen molar-refractivity contribution < 1.29 is 9.53 Å². The second-order valence-corrected chi connectivity index (χ2v) is 4.12. The normalized spacial score (nSPS) is 9.44. The van der Waals surface area contributed by atoms with Gasteiger partial charge in [0.1, 0.15) is 5.75 Å². The Hall–Kier alpha value is -1.53. The standard InChI is InChI=1S/C11H14ClN3O2S/c1-2-13-11(18)15-14-10(16)7-17-9-5-3-8(12)4-6-9/h3-6H,2,7H2,1H3,(H,14,16)(H2,13,15,18). The molecular formula is C11H14ClN3O2S. The molecule has 1 amide bonds. The summed E-state index contributed by atoms with van der Waals surface area (Å²) in [5.41, 5.74) is 4.95. The SMILES string of the molecule is CCNC(=S)NNC(=O)COc1ccc(Cl)cc1. The van der Waals surface area contributed by atoms with Gasteiger partial charge in [0.2, 0.25) is 0 Å². The summed E-state index contributed by atoms with van der Waals surface area (Å²) in [4.78, 5) is 11.4. The molecule has 0 saturated carbocycles. The summed E-state index contributed by atoms with van der Waals surface area (Å²) in [5, 5.41) is 3.80. The topological polar surface area (TPSA) is 62.4 Å². The number of thiocarbonyl (C=S) groups is 1. The molecule has 0 radical (unpaired) electrons. The molecule has 0 unspecified atom stereocenters. The molecule has 0 saturated heterocycles. The minimum Gasteiger partial charge on any atom is -0.484 e. The predicted octanol–water partition coefficient (Wildman–Crippen LogP) is 1.23. The number of hydrogen-bond acceptors (Lipinski definition) is 3. The Labute approximate surface area is 116 Å². The van der Waals surface area contributed by atoms with Crippen LogP contribution in [0.25, 0.3) is 0 Å². The average Bonchev–Trinajstić information content (AvgIpc) is 2.36. The van der Waals surface area contributed by atoms with E-state index in [1.165, 1.54) is 0 Å². The van der Waals surface area contributed by atoms with Crippen molar-refractivity contribution in [2.24, 2.45) is 0 Å². The molecule has 7 heteroatoms. The van der Waals surface area contributed by atoms with Gasteiger partial charge in [-0.15, -0.1) is 0 Å². The van der Waals surface area contributed by atoms with Crippen LogP contribution < -0.4 is 20.9 Å². The van der Waals surface area contributed by atoms with Gasteiger partial charge in [-0.05, 0) is 43.4 Å². The van der Waals surface area contributed by atoms with E-state index in [9.17, 15) is 4.79 Å². The lowest BCUT2D eigenvalue weighted by Gasteiger charge is -2.10. The minimum atomic E-state index is -0.329. The average molecular weight is 288 g/mol. The van der Waals surface area contributed by atoms with Crippen LogP contribution in [-0.4, -0.2) is 24.2 Å². The van der Waals surface area contributed by atoms with Crippen molar-refractivity contribution in [2.45, 2.75) is 6.92 Å². The maximum absolute atomic E-state index is 11.4. The fourth-order valence-corrected chi connectivity index (χ4v) is 1.37. The molecule has 5 nitrogen and oxygen atoms in total. The summed E-state index contributed by atoms with van der Waals surface area (Å²) in [6.07, 6.45) is 0. The molecule has 0 aliphatic heterocycles. The lowest BCUT2D eigenvalue weighted by Crippen LogP contribution is -2.48. The number of halogens is 1. The van der Waals surface area contributed by atoms with Crippen molar-refractivity contribution in [1.82, 2.24) is 16.2 Å². The van der Waals surface area contributed by atoms with Crippen LogP contribution in [-0.2, 0) is 4.79 Å². The molecule has 0 atom stereocenters. The van der Waals surface area contributed by atoms with E-state index in [1.807, 2.05) is 6.92 Å².